The molecule has 0 amide bonds. The summed E-state index contributed by atoms with van der Waals surface area (Å²) in [6, 6.07) is 7.91. The summed E-state index contributed by atoms with van der Waals surface area (Å²) < 4.78 is 0. The lowest BCUT2D eigenvalue weighted by atomic mass is 9.90. The number of phenols is 2. The summed E-state index contributed by atoms with van der Waals surface area (Å²) >= 11 is 0. The number of aryl methyl sites for hydroxylation is 1. The summed E-state index contributed by atoms with van der Waals surface area (Å²) in [4.78, 5) is 0. The van der Waals surface area contributed by atoms with E-state index in [4.69, 9.17) is 0 Å². The number of fused-ring (bicyclic) bond motifs is 1. The molecule has 3 N–H and O–H groups in total. The average Bonchev–Trinajstić information content (AvgIpc) is 3.21. The lowest BCUT2D eigenvalue weighted by Crippen LogP contribution is -1.97. The molecule has 0 atom stereocenters. The Bertz CT molecular complexity index is 1120. The minimum absolute atomic E-state index is 0.176. The Morgan fingerprint density at radius 1 is 1.06 bits per heavy atom. The molecule has 0 saturated carbocycles. The van der Waals surface area contributed by atoms with Crippen molar-refractivity contribution in [1.82, 2.24) is 10.2 Å². The molecule has 2 aromatic carbocycles. The minimum atomic E-state index is 0.176. The summed E-state index contributed by atoms with van der Waals surface area (Å²) in [6.07, 6.45) is 12.8. The first-order chi connectivity index (χ1) is 15.4. The number of phenolic OH excluding ortho intramolecular Hbond substituents is 2. The lowest BCUT2D eigenvalue weighted by Gasteiger charge is -2.17. The predicted octanol–water partition coefficient (Wildman–Crippen LogP) is 7.61. The van der Waals surface area contributed by atoms with E-state index in [-0.39, 0.29) is 11.5 Å². The number of aromatic hydroxyl groups is 2. The zero-order valence-corrected chi connectivity index (χ0v) is 19.8. The highest BCUT2D eigenvalue weighted by molar-refractivity contribution is 5.87. The van der Waals surface area contributed by atoms with Crippen molar-refractivity contribution in [3.05, 3.63) is 64.9 Å². The van der Waals surface area contributed by atoms with Gasteiger partial charge in [0.1, 0.15) is 11.5 Å². The van der Waals surface area contributed by atoms with Gasteiger partial charge in [-0.15, -0.1) is 0 Å². The van der Waals surface area contributed by atoms with Gasteiger partial charge in [-0.3, -0.25) is 5.10 Å². The topological polar surface area (TPSA) is 69.1 Å². The number of unbranched alkanes of at least 4 members (excludes halogenated alkanes) is 2. The number of benzene rings is 2. The van der Waals surface area contributed by atoms with E-state index in [1.54, 1.807) is 6.20 Å². The van der Waals surface area contributed by atoms with Gasteiger partial charge in [0.15, 0.2) is 0 Å². The molecule has 0 saturated heterocycles. The van der Waals surface area contributed by atoms with Crippen LogP contribution in [0.5, 0.6) is 11.5 Å². The Kier molecular flexibility index (Phi) is 8.15. The highest BCUT2D eigenvalue weighted by Crippen LogP contribution is 2.42. The highest BCUT2D eigenvalue weighted by Gasteiger charge is 2.19. The summed E-state index contributed by atoms with van der Waals surface area (Å²) in [6.45, 7) is 8.51. The zero-order valence-electron chi connectivity index (χ0n) is 19.8. The van der Waals surface area contributed by atoms with E-state index in [2.05, 4.69) is 56.1 Å². The molecule has 0 aliphatic heterocycles. The highest BCUT2D eigenvalue weighted by atomic mass is 16.3. The lowest BCUT2D eigenvalue weighted by molar-refractivity contribution is 0.440. The summed E-state index contributed by atoms with van der Waals surface area (Å²) in [5, 5.41) is 30.2. The van der Waals surface area contributed by atoms with Crippen molar-refractivity contribution < 1.29 is 10.2 Å². The van der Waals surface area contributed by atoms with Gasteiger partial charge in [-0.1, -0.05) is 49.1 Å². The summed E-state index contributed by atoms with van der Waals surface area (Å²) in [5.41, 5.74) is 6.91. The third-order valence-electron chi connectivity index (χ3n) is 5.99. The van der Waals surface area contributed by atoms with Crippen molar-refractivity contribution >= 4 is 10.9 Å². The number of nitrogens with one attached hydrogen (secondary N) is 1. The van der Waals surface area contributed by atoms with Crippen LogP contribution in [0.2, 0.25) is 0 Å². The van der Waals surface area contributed by atoms with Gasteiger partial charge in [0.25, 0.3) is 0 Å². The second-order valence-electron chi connectivity index (χ2n) is 8.96. The molecule has 170 valence electrons. The third-order valence-corrected chi connectivity index (χ3v) is 5.99. The maximum Gasteiger partial charge on any atom is 0.130 e. The van der Waals surface area contributed by atoms with Crippen LogP contribution >= 0.6 is 0 Å². The van der Waals surface area contributed by atoms with Crippen LogP contribution in [0.1, 0.15) is 70.9 Å². The van der Waals surface area contributed by atoms with Crippen molar-refractivity contribution in [2.45, 2.75) is 72.6 Å². The van der Waals surface area contributed by atoms with Crippen molar-refractivity contribution in [2.24, 2.45) is 0 Å². The molecule has 0 bridgehead atoms. The van der Waals surface area contributed by atoms with Crippen molar-refractivity contribution in [1.29, 1.82) is 0 Å². The Morgan fingerprint density at radius 2 is 1.88 bits per heavy atom. The first kappa shape index (κ1) is 23.6. The fourth-order valence-electron chi connectivity index (χ4n) is 4.10. The Hall–Kier alpha value is -3.01. The largest absolute Gasteiger partial charge is 0.508 e. The molecule has 3 aromatic rings. The minimum Gasteiger partial charge on any atom is -0.508 e. The maximum atomic E-state index is 11.3. The number of rotatable bonds is 10. The fourth-order valence-corrected chi connectivity index (χ4v) is 4.10. The second-order valence-corrected chi connectivity index (χ2v) is 8.96. The Balaban J connectivity index is 1.98. The molecule has 1 aromatic heterocycles. The van der Waals surface area contributed by atoms with Crippen LogP contribution in [-0.2, 0) is 12.8 Å². The molecule has 4 heteroatoms. The molecule has 0 fully saturated rings. The quantitative estimate of drug-likeness (QED) is 0.228. The smallest absolute Gasteiger partial charge is 0.130 e. The van der Waals surface area contributed by atoms with E-state index in [1.165, 1.54) is 11.1 Å². The predicted molar refractivity (Wildman–Crippen MR) is 134 cm³/mol. The SMILES string of the molecule is CCCCCc1cc(O)c(CC=C(C)CCC=C(C)C)c(O)c1-c1ccc2[nH]ncc2c1. The Labute approximate surface area is 191 Å². The Morgan fingerprint density at radius 3 is 2.62 bits per heavy atom. The van der Waals surface area contributed by atoms with Crippen LogP contribution in [0.4, 0.5) is 0 Å². The molecule has 0 unspecified atom stereocenters. The molecule has 4 nitrogen and oxygen atoms in total. The molecular weight excluding hydrogens is 396 g/mol. The van der Waals surface area contributed by atoms with E-state index in [0.29, 0.717) is 12.0 Å². The average molecular weight is 433 g/mol. The molecule has 32 heavy (non-hydrogen) atoms. The first-order valence-corrected chi connectivity index (χ1v) is 11.7. The number of H-pyrrole nitrogens is 1. The van der Waals surface area contributed by atoms with E-state index in [0.717, 1.165) is 66.1 Å². The number of hydrogen-bond donors (Lipinski definition) is 3. The number of hydrogen-bond acceptors (Lipinski definition) is 3. The van der Waals surface area contributed by atoms with E-state index in [9.17, 15) is 10.2 Å². The van der Waals surface area contributed by atoms with Crippen LogP contribution < -0.4 is 0 Å². The third kappa shape index (κ3) is 5.82. The van der Waals surface area contributed by atoms with Gasteiger partial charge in [0.05, 0.1) is 11.7 Å². The van der Waals surface area contributed by atoms with Crippen molar-refractivity contribution in [2.75, 3.05) is 0 Å². The molecule has 0 radical (unpaired) electrons. The normalized spacial score (nSPS) is 11.8. The monoisotopic (exact) mass is 432 g/mol. The van der Waals surface area contributed by atoms with Gasteiger partial charge in [-0.2, -0.15) is 5.10 Å². The van der Waals surface area contributed by atoms with Crippen LogP contribution in [0.15, 0.2) is 53.8 Å². The second kappa shape index (κ2) is 11.0. The van der Waals surface area contributed by atoms with Gasteiger partial charge in [0, 0.05) is 16.5 Å². The number of allylic oxidation sites excluding steroid dienone is 4. The summed E-state index contributed by atoms with van der Waals surface area (Å²) in [7, 11) is 0. The molecule has 0 aliphatic rings. The van der Waals surface area contributed by atoms with Gasteiger partial charge in [0.2, 0.25) is 0 Å². The number of aromatic amines is 1. The number of nitrogens with zero attached hydrogens (tertiary/aromatic N) is 1. The molecule has 3 rings (SSSR count). The van der Waals surface area contributed by atoms with Crippen LogP contribution in [0.25, 0.3) is 22.0 Å². The fraction of sp³-hybridized carbons (Fsp3) is 0.393. The van der Waals surface area contributed by atoms with Crippen molar-refractivity contribution in [3.63, 3.8) is 0 Å². The van der Waals surface area contributed by atoms with E-state index >= 15 is 0 Å². The van der Waals surface area contributed by atoms with Gasteiger partial charge >= 0.3 is 0 Å². The number of aromatic nitrogens is 2. The van der Waals surface area contributed by atoms with E-state index < -0.39 is 0 Å². The molecular formula is C28H36N2O2. The first-order valence-electron chi connectivity index (χ1n) is 11.7. The van der Waals surface area contributed by atoms with Crippen LogP contribution in [0, 0.1) is 0 Å². The molecule has 0 aliphatic carbocycles. The summed E-state index contributed by atoms with van der Waals surface area (Å²) in [5.74, 6) is 0.364. The van der Waals surface area contributed by atoms with Gasteiger partial charge in [-0.05, 0) is 82.2 Å². The molecule has 0 spiro atoms. The van der Waals surface area contributed by atoms with Crippen LogP contribution in [-0.4, -0.2) is 20.4 Å². The van der Waals surface area contributed by atoms with E-state index in [1.807, 2.05) is 18.2 Å². The van der Waals surface area contributed by atoms with Crippen molar-refractivity contribution in [3.8, 4) is 22.6 Å². The standard InChI is InChI=1S/C28H36N2O2/c1-5-6-7-11-21-17-26(31)24(14-12-20(4)10-8-9-19(2)3)28(32)27(21)22-13-15-25-23(16-22)18-29-30-25/h9,12-13,15-18,31-32H,5-8,10-11,14H2,1-4H3,(H,29,30). The van der Waals surface area contributed by atoms with Crippen LogP contribution in [0.3, 0.4) is 0 Å². The zero-order chi connectivity index (χ0) is 23.1. The van der Waals surface area contributed by atoms with Gasteiger partial charge in [-0.25, -0.2) is 0 Å². The maximum absolute atomic E-state index is 11.3. The van der Waals surface area contributed by atoms with Gasteiger partial charge < -0.3 is 10.2 Å². The molecule has 1 heterocycles.